The van der Waals surface area contributed by atoms with Gasteiger partial charge in [0.2, 0.25) is 0 Å². The highest BCUT2D eigenvalue weighted by Crippen LogP contribution is 2.33. The first-order valence-electron chi connectivity index (χ1n) is 9.99. The Morgan fingerprint density at radius 2 is 1.28 bits per heavy atom. The number of aromatic nitrogens is 2. The van der Waals surface area contributed by atoms with Crippen LogP contribution in [0.25, 0.3) is 21.8 Å². The molecule has 5 heteroatoms. The van der Waals surface area contributed by atoms with Gasteiger partial charge < -0.3 is 14.3 Å². The van der Waals surface area contributed by atoms with Crippen molar-refractivity contribution in [1.82, 2.24) is 9.13 Å². The normalized spacial score (nSPS) is 16.3. The second-order valence-electron chi connectivity index (χ2n) is 7.77. The van der Waals surface area contributed by atoms with Crippen LogP contribution in [-0.2, 0) is 26.9 Å². The predicted molar refractivity (Wildman–Crippen MR) is 115 cm³/mol. The number of carbonyl (C=O) groups is 1. The molecule has 0 atom stereocenters. The summed E-state index contributed by atoms with van der Waals surface area (Å²) in [7, 11) is 4.11. The minimum Gasteiger partial charge on any atom is -0.411 e. The Bertz CT molecular complexity index is 1310. The van der Waals surface area contributed by atoms with E-state index in [1.807, 2.05) is 37.4 Å². The summed E-state index contributed by atoms with van der Waals surface area (Å²) < 4.78 is 4.35. The summed E-state index contributed by atoms with van der Waals surface area (Å²) in [5.41, 5.74) is 7.79. The maximum Gasteiger partial charge on any atom is 0.165 e. The number of rotatable bonds is 0. The molecule has 0 radical (unpaired) electrons. The molecule has 0 bridgehead atoms. The van der Waals surface area contributed by atoms with E-state index in [0.717, 1.165) is 41.5 Å². The first-order valence-corrected chi connectivity index (χ1v) is 9.99. The molecule has 0 aliphatic heterocycles. The van der Waals surface area contributed by atoms with E-state index in [-0.39, 0.29) is 0 Å². The van der Waals surface area contributed by atoms with Crippen LogP contribution >= 0.6 is 0 Å². The highest BCUT2D eigenvalue weighted by molar-refractivity contribution is 6.14. The van der Waals surface area contributed by atoms with Crippen molar-refractivity contribution >= 4 is 33.3 Å². The molecule has 2 aromatic carbocycles. The van der Waals surface area contributed by atoms with Crippen molar-refractivity contribution in [3.05, 3.63) is 71.0 Å². The lowest BCUT2D eigenvalue weighted by Gasteiger charge is -1.99. The number of carbonyl (C=O) groups excluding carboxylic acids is 1. The molecular formula is C24H23N3O2. The number of hydrogen-bond donors (Lipinski definition) is 1. The molecule has 0 saturated carbocycles. The number of nitrogens with zero attached hydrogens (tertiary/aromatic N) is 3. The lowest BCUT2D eigenvalue weighted by atomic mass is 10.1. The standard InChI is InChI=1S/C12H12N2O.C12H11NO/c1-14-10-5-3-2-4-8(10)12-9(13-15)6-7-11(12)14;1-13-9-5-3-2-4-8(9)12-10(13)6-7-11(12)14/h2-5,15H,6-7H2,1H3;2-5H,6-7H2,1H3. The Kier molecular flexibility index (Phi) is 4.05. The smallest absolute Gasteiger partial charge is 0.165 e. The van der Waals surface area contributed by atoms with Crippen molar-refractivity contribution in [2.75, 3.05) is 0 Å². The maximum absolute atomic E-state index is 11.7. The molecule has 0 amide bonds. The van der Waals surface area contributed by atoms with Gasteiger partial charge in [-0.25, -0.2) is 0 Å². The number of ketones is 1. The van der Waals surface area contributed by atoms with Gasteiger partial charge in [-0.2, -0.15) is 0 Å². The van der Waals surface area contributed by atoms with E-state index < -0.39 is 0 Å². The highest BCUT2D eigenvalue weighted by Gasteiger charge is 2.26. The van der Waals surface area contributed by atoms with E-state index in [1.165, 1.54) is 27.8 Å². The van der Waals surface area contributed by atoms with Crippen molar-refractivity contribution < 1.29 is 10.0 Å². The van der Waals surface area contributed by atoms with E-state index in [2.05, 4.69) is 39.5 Å². The van der Waals surface area contributed by atoms with E-state index >= 15 is 0 Å². The topological polar surface area (TPSA) is 59.5 Å². The van der Waals surface area contributed by atoms with Crippen LogP contribution in [0.1, 0.15) is 40.2 Å². The third-order valence-corrected chi connectivity index (χ3v) is 6.33. The van der Waals surface area contributed by atoms with Gasteiger partial charge in [-0.3, -0.25) is 4.79 Å². The quantitative estimate of drug-likeness (QED) is 0.355. The lowest BCUT2D eigenvalue weighted by Crippen LogP contribution is -1.93. The van der Waals surface area contributed by atoms with Gasteiger partial charge in [-0.1, -0.05) is 41.6 Å². The molecule has 2 heterocycles. The van der Waals surface area contributed by atoms with Gasteiger partial charge in [-0.05, 0) is 31.4 Å². The number of fused-ring (bicyclic) bond motifs is 6. The third-order valence-electron chi connectivity index (χ3n) is 6.33. The highest BCUT2D eigenvalue weighted by atomic mass is 16.4. The first kappa shape index (κ1) is 17.7. The Hall–Kier alpha value is -3.34. The molecule has 146 valence electrons. The third kappa shape index (κ3) is 2.54. The summed E-state index contributed by atoms with van der Waals surface area (Å²) in [6, 6.07) is 16.4. The molecule has 2 aromatic heterocycles. The van der Waals surface area contributed by atoms with Crippen molar-refractivity contribution in [3.63, 3.8) is 0 Å². The summed E-state index contributed by atoms with van der Waals surface area (Å²) in [5, 5.41) is 14.7. The van der Waals surface area contributed by atoms with Crippen LogP contribution in [0.2, 0.25) is 0 Å². The van der Waals surface area contributed by atoms with Gasteiger partial charge in [0.15, 0.2) is 5.78 Å². The van der Waals surface area contributed by atoms with Gasteiger partial charge in [0, 0.05) is 64.8 Å². The van der Waals surface area contributed by atoms with Crippen molar-refractivity contribution in [2.24, 2.45) is 19.3 Å². The van der Waals surface area contributed by atoms with Crippen molar-refractivity contribution in [1.29, 1.82) is 0 Å². The zero-order chi connectivity index (χ0) is 20.1. The Morgan fingerprint density at radius 1 is 0.759 bits per heavy atom. The van der Waals surface area contributed by atoms with Crippen LogP contribution in [0.3, 0.4) is 0 Å². The van der Waals surface area contributed by atoms with Gasteiger partial charge in [-0.15, -0.1) is 0 Å². The molecule has 4 aromatic rings. The number of oxime groups is 1. The molecule has 5 nitrogen and oxygen atoms in total. The van der Waals surface area contributed by atoms with Crippen LogP contribution < -0.4 is 0 Å². The molecule has 0 fully saturated rings. The van der Waals surface area contributed by atoms with Crippen LogP contribution in [-0.4, -0.2) is 25.8 Å². The average molecular weight is 385 g/mol. The molecule has 0 spiro atoms. The second-order valence-corrected chi connectivity index (χ2v) is 7.77. The fraction of sp³-hybridized carbons (Fsp3) is 0.250. The maximum atomic E-state index is 11.7. The number of benzene rings is 2. The number of para-hydroxylation sites is 2. The number of Topliss-reactive ketones (excluding diaryl/α,β-unsaturated/α-hetero) is 1. The molecule has 29 heavy (non-hydrogen) atoms. The van der Waals surface area contributed by atoms with Gasteiger partial charge in [0.05, 0.1) is 5.71 Å². The predicted octanol–water partition coefficient (Wildman–Crippen LogP) is 4.61. The second kappa shape index (κ2) is 6.62. The van der Waals surface area contributed by atoms with Crippen molar-refractivity contribution in [2.45, 2.75) is 25.7 Å². The largest absolute Gasteiger partial charge is 0.411 e. The van der Waals surface area contributed by atoms with Gasteiger partial charge in [0.1, 0.15) is 0 Å². The van der Waals surface area contributed by atoms with Crippen molar-refractivity contribution in [3.8, 4) is 0 Å². The first-order chi connectivity index (χ1) is 14.1. The lowest BCUT2D eigenvalue weighted by molar-refractivity contribution is 0.0996. The fourth-order valence-corrected chi connectivity index (χ4v) is 4.93. The van der Waals surface area contributed by atoms with Crippen LogP contribution in [0.5, 0.6) is 0 Å². The summed E-state index contributed by atoms with van der Waals surface area (Å²) in [5.74, 6) is 0.303. The van der Waals surface area contributed by atoms with Gasteiger partial charge >= 0.3 is 0 Å². The van der Waals surface area contributed by atoms with E-state index in [0.29, 0.717) is 12.2 Å². The minimum atomic E-state index is 0.303. The number of hydrogen-bond acceptors (Lipinski definition) is 3. The zero-order valence-corrected chi connectivity index (χ0v) is 16.6. The SMILES string of the molecule is Cn1c2c(c3ccccc31)C(=NO)CC2.Cn1c2c(c3ccccc31)C(=O)CC2. The van der Waals surface area contributed by atoms with E-state index in [4.69, 9.17) is 5.21 Å². The Balaban J connectivity index is 0.000000125. The number of aryl methyl sites for hydroxylation is 2. The van der Waals surface area contributed by atoms with E-state index in [9.17, 15) is 4.79 Å². The molecule has 1 N–H and O–H groups in total. The molecule has 6 rings (SSSR count). The molecule has 0 saturated heterocycles. The fourth-order valence-electron chi connectivity index (χ4n) is 4.93. The average Bonchev–Trinajstić information content (AvgIpc) is 3.48. The monoisotopic (exact) mass is 385 g/mol. The minimum absolute atomic E-state index is 0.303. The van der Waals surface area contributed by atoms with Gasteiger partial charge in [0.25, 0.3) is 0 Å². The summed E-state index contributed by atoms with van der Waals surface area (Å²) >= 11 is 0. The molecule has 0 unspecified atom stereocenters. The molecular weight excluding hydrogens is 362 g/mol. The van der Waals surface area contributed by atoms with Crippen LogP contribution in [0.15, 0.2) is 53.7 Å². The van der Waals surface area contributed by atoms with Crippen LogP contribution in [0.4, 0.5) is 0 Å². The summed E-state index contributed by atoms with van der Waals surface area (Å²) in [6.45, 7) is 0. The Labute approximate surface area is 168 Å². The zero-order valence-electron chi connectivity index (χ0n) is 16.6. The summed E-state index contributed by atoms with van der Waals surface area (Å²) in [6.07, 6.45) is 3.41. The molecule has 2 aliphatic rings. The Morgan fingerprint density at radius 3 is 1.90 bits per heavy atom. The van der Waals surface area contributed by atoms with Crippen LogP contribution in [0, 0.1) is 0 Å². The van der Waals surface area contributed by atoms with E-state index in [1.54, 1.807) is 0 Å². The molecule has 2 aliphatic carbocycles. The summed E-state index contributed by atoms with van der Waals surface area (Å²) in [4.78, 5) is 11.7.